The van der Waals surface area contributed by atoms with Gasteiger partial charge in [-0.3, -0.25) is 4.79 Å². The Kier molecular flexibility index (Phi) is 5.03. The zero-order chi connectivity index (χ0) is 16.3. The van der Waals surface area contributed by atoms with Gasteiger partial charge in [-0.05, 0) is 42.7 Å². The van der Waals surface area contributed by atoms with Gasteiger partial charge in [-0.2, -0.15) is 0 Å². The fourth-order valence-corrected chi connectivity index (χ4v) is 2.67. The summed E-state index contributed by atoms with van der Waals surface area (Å²) in [7, 11) is 1.62. The molecule has 0 bridgehead atoms. The summed E-state index contributed by atoms with van der Waals surface area (Å²) in [6.45, 7) is 6.81. The van der Waals surface area contributed by atoms with Crippen LogP contribution in [0.25, 0.3) is 0 Å². The molecule has 0 saturated heterocycles. The molecule has 0 aliphatic rings. The molecule has 0 saturated carbocycles. The van der Waals surface area contributed by atoms with Gasteiger partial charge >= 0.3 is 0 Å². The van der Waals surface area contributed by atoms with Crippen LogP contribution in [0.15, 0.2) is 41.2 Å². The molecule has 0 fully saturated rings. The standard InChI is InChI=1S/C18H24N2O2/c1-5-20-16(12(2)3)11-10-15(18(20)21)17(19)13-6-8-14(22-4)9-7-13/h6-12,17H,5,19H2,1-4H3. The number of hydrogen-bond donors (Lipinski definition) is 1. The van der Waals surface area contributed by atoms with Crippen molar-refractivity contribution >= 4 is 0 Å². The van der Waals surface area contributed by atoms with E-state index in [4.69, 9.17) is 10.5 Å². The maximum Gasteiger partial charge on any atom is 0.255 e. The Morgan fingerprint density at radius 3 is 2.27 bits per heavy atom. The minimum absolute atomic E-state index is 0.00276. The molecular weight excluding hydrogens is 276 g/mol. The SMILES string of the molecule is CCn1c(C(C)C)ccc(C(N)c2ccc(OC)cc2)c1=O. The van der Waals surface area contributed by atoms with E-state index in [9.17, 15) is 4.79 Å². The highest BCUT2D eigenvalue weighted by molar-refractivity contribution is 5.35. The Hall–Kier alpha value is -2.07. The Balaban J connectivity index is 2.45. The molecule has 2 N–H and O–H groups in total. The second-order valence-corrected chi connectivity index (χ2v) is 5.67. The second kappa shape index (κ2) is 6.79. The molecule has 0 amide bonds. The average molecular weight is 300 g/mol. The third-order valence-corrected chi connectivity index (χ3v) is 3.96. The van der Waals surface area contributed by atoms with Crippen molar-refractivity contribution in [3.63, 3.8) is 0 Å². The predicted molar refractivity (Wildman–Crippen MR) is 89.5 cm³/mol. The van der Waals surface area contributed by atoms with Crippen molar-refractivity contribution in [2.24, 2.45) is 5.73 Å². The summed E-state index contributed by atoms with van der Waals surface area (Å²) in [6.07, 6.45) is 0. The van der Waals surface area contributed by atoms with E-state index in [-0.39, 0.29) is 5.56 Å². The second-order valence-electron chi connectivity index (χ2n) is 5.67. The van der Waals surface area contributed by atoms with Crippen molar-refractivity contribution in [1.82, 2.24) is 4.57 Å². The van der Waals surface area contributed by atoms with E-state index < -0.39 is 6.04 Å². The molecule has 118 valence electrons. The number of hydrogen-bond acceptors (Lipinski definition) is 3. The Bertz CT molecular complexity index is 687. The Morgan fingerprint density at radius 1 is 1.14 bits per heavy atom. The van der Waals surface area contributed by atoms with E-state index in [1.807, 2.05) is 47.9 Å². The molecule has 0 aliphatic heterocycles. The first-order valence-electron chi connectivity index (χ1n) is 7.62. The van der Waals surface area contributed by atoms with Crippen LogP contribution in [0.2, 0.25) is 0 Å². The lowest BCUT2D eigenvalue weighted by Crippen LogP contribution is -2.30. The topological polar surface area (TPSA) is 57.2 Å². The minimum atomic E-state index is -0.433. The highest BCUT2D eigenvalue weighted by Gasteiger charge is 2.16. The van der Waals surface area contributed by atoms with Crippen LogP contribution in [0, 0.1) is 0 Å². The molecule has 0 aliphatic carbocycles. The molecule has 0 spiro atoms. The highest BCUT2D eigenvalue weighted by atomic mass is 16.5. The smallest absolute Gasteiger partial charge is 0.255 e. The number of methoxy groups -OCH3 is 1. The largest absolute Gasteiger partial charge is 0.497 e. The zero-order valence-corrected chi connectivity index (χ0v) is 13.7. The van der Waals surface area contributed by atoms with E-state index in [0.29, 0.717) is 18.0 Å². The van der Waals surface area contributed by atoms with Gasteiger partial charge in [-0.15, -0.1) is 0 Å². The monoisotopic (exact) mass is 300 g/mol. The van der Waals surface area contributed by atoms with Crippen LogP contribution in [-0.4, -0.2) is 11.7 Å². The van der Waals surface area contributed by atoms with Crippen LogP contribution in [0.1, 0.15) is 49.6 Å². The molecule has 4 nitrogen and oxygen atoms in total. The summed E-state index contributed by atoms with van der Waals surface area (Å²) < 4.78 is 6.96. The fourth-order valence-electron chi connectivity index (χ4n) is 2.67. The van der Waals surface area contributed by atoms with Crippen molar-refractivity contribution in [3.8, 4) is 5.75 Å². The quantitative estimate of drug-likeness (QED) is 0.923. The number of aromatic nitrogens is 1. The number of benzene rings is 1. The van der Waals surface area contributed by atoms with Gasteiger partial charge in [0, 0.05) is 17.8 Å². The molecule has 0 radical (unpaired) electrons. The molecule has 2 rings (SSSR count). The molecule has 22 heavy (non-hydrogen) atoms. The molecule has 4 heteroatoms. The van der Waals surface area contributed by atoms with Gasteiger partial charge in [0.1, 0.15) is 5.75 Å². The Morgan fingerprint density at radius 2 is 1.77 bits per heavy atom. The molecule has 1 unspecified atom stereocenters. The number of rotatable bonds is 5. The van der Waals surface area contributed by atoms with Crippen molar-refractivity contribution in [2.45, 2.75) is 39.3 Å². The van der Waals surface area contributed by atoms with E-state index in [1.54, 1.807) is 7.11 Å². The maximum atomic E-state index is 12.7. The summed E-state index contributed by atoms with van der Waals surface area (Å²) in [5.74, 6) is 1.08. The van der Waals surface area contributed by atoms with Crippen molar-refractivity contribution in [2.75, 3.05) is 7.11 Å². The summed E-state index contributed by atoms with van der Waals surface area (Å²) >= 11 is 0. The first-order valence-corrected chi connectivity index (χ1v) is 7.62. The number of ether oxygens (including phenoxy) is 1. The lowest BCUT2D eigenvalue weighted by atomic mass is 9.99. The van der Waals surface area contributed by atoms with Crippen LogP contribution >= 0.6 is 0 Å². The van der Waals surface area contributed by atoms with Crippen LogP contribution in [-0.2, 0) is 6.54 Å². The van der Waals surface area contributed by atoms with Gasteiger partial charge in [0.05, 0.1) is 13.2 Å². The van der Waals surface area contributed by atoms with Crippen LogP contribution in [0.3, 0.4) is 0 Å². The zero-order valence-electron chi connectivity index (χ0n) is 13.7. The van der Waals surface area contributed by atoms with Crippen LogP contribution in [0.4, 0.5) is 0 Å². The van der Waals surface area contributed by atoms with E-state index in [2.05, 4.69) is 13.8 Å². The highest BCUT2D eigenvalue weighted by Crippen LogP contribution is 2.21. The summed E-state index contributed by atoms with van der Waals surface area (Å²) in [5, 5.41) is 0. The summed E-state index contributed by atoms with van der Waals surface area (Å²) in [5.41, 5.74) is 8.86. The number of pyridine rings is 1. The maximum absolute atomic E-state index is 12.7. The third kappa shape index (κ3) is 3.07. The molecule has 1 atom stereocenters. The lowest BCUT2D eigenvalue weighted by molar-refractivity contribution is 0.414. The van der Waals surface area contributed by atoms with Gasteiger partial charge in [-0.1, -0.05) is 26.0 Å². The summed E-state index contributed by atoms with van der Waals surface area (Å²) in [6, 6.07) is 10.9. The van der Waals surface area contributed by atoms with Gasteiger partial charge < -0.3 is 15.0 Å². The van der Waals surface area contributed by atoms with Gasteiger partial charge in [0.2, 0.25) is 0 Å². The Labute approximate surface area is 131 Å². The molecular formula is C18H24N2O2. The molecule has 2 aromatic rings. The van der Waals surface area contributed by atoms with Gasteiger partial charge in [0.15, 0.2) is 0 Å². The molecule has 1 heterocycles. The van der Waals surface area contributed by atoms with Crippen molar-refractivity contribution < 1.29 is 4.74 Å². The average Bonchev–Trinajstić information content (AvgIpc) is 2.53. The van der Waals surface area contributed by atoms with Crippen LogP contribution < -0.4 is 16.0 Å². The summed E-state index contributed by atoms with van der Waals surface area (Å²) in [4.78, 5) is 12.7. The number of nitrogens with two attached hydrogens (primary N) is 1. The molecule has 1 aromatic heterocycles. The fraction of sp³-hybridized carbons (Fsp3) is 0.389. The van der Waals surface area contributed by atoms with E-state index in [1.165, 1.54) is 0 Å². The minimum Gasteiger partial charge on any atom is -0.497 e. The van der Waals surface area contributed by atoms with Crippen molar-refractivity contribution in [1.29, 1.82) is 0 Å². The lowest BCUT2D eigenvalue weighted by Gasteiger charge is -2.18. The van der Waals surface area contributed by atoms with Crippen LogP contribution in [0.5, 0.6) is 5.75 Å². The van der Waals surface area contributed by atoms with Gasteiger partial charge in [-0.25, -0.2) is 0 Å². The number of nitrogens with zero attached hydrogens (tertiary/aromatic N) is 1. The third-order valence-electron chi connectivity index (χ3n) is 3.96. The molecule has 1 aromatic carbocycles. The van der Waals surface area contributed by atoms with Crippen molar-refractivity contribution in [3.05, 3.63) is 63.6 Å². The van der Waals surface area contributed by atoms with Gasteiger partial charge in [0.25, 0.3) is 5.56 Å². The predicted octanol–water partition coefficient (Wildman–Crippen LogP) is 3.05. The van der Waals surface area contributed by atoms with E-state index in [0.717, 1.165) is 17.0 Å². The first-order chi connectivity index (χ1) is 10.5. The normalized spacial score (nSPS) is 12.5. The van der Waals surface area contributed by atoms with E-state index >= 15 is 0 Å². The first kappa shape index (κ1) is 16.3.